The Morgan fingerprint density at radius 1 is 1.43 bits per heavy atom. The van der Waals surface area contributed by atoms with Crippen molar-refractivity contribution in [1.82, 2.24) is 5.32 Å². The number of nitrogens with one attached hydrogen (secondary N) is 1. The molecule has 0 saturated carbocycles. The first-order valence-corrected chi connectivity index (χ1v) is 6.62. The Morgan fingerprint density at radius 3 is 2.67 bits per heavy atom. The molecule has 1 amide bonds. The van der Waals surface area contributed by atoms with Crippen molar-refractivity contribution in [3.05, 3.63) is 33.4 Å². The molecule has 112 valence electrons. The first-order chi connectivity index (χ1) is 9.68. The van der Waals surface area contributed by atoms with Gasteiger partial charge in [-0.2, -0.15) is 0 Å². The maximum atomic E-state index is 11.4. The molecular weight excluding hydrogens is 276 g/mol. The molecule has 1 aromatic rings. The van der Waals surface area contributed by atoms with E-state index in [1.807, 2.05) is 13.8 Å². The van der Waals surface area contributed by atoms with Crippen LogP contribution in [0.15, 0.2) is 12.1 Å². The lowest BCUT2D eigenvalue weighted by Crippen LogP contribution is -2.57. The Morgan fingerprint density at radius 2 is 2.10 bits per heavy atom. The fourth-order valence-electron chi connectivity index (χ4n) is 2.95. The normalized spacial score (nSPS) is 27.9. The molecule has 2 aliphatic rings. The lowest BCUT2D eigenvalue weighted by atomic mass is 9.87. The first-order valence-electron chi connectivity index (χ1n) is 6.62. The number of rotatable bonds is 2. The van der Waals surface area contributed by atoms with Crippen LogP contribution < -0.4 is 10.1 Å². The van der Waals surface area contributed by atoms with Crippen molar-refractivity contribution in [2.24, 2.45) is 0 Å². The Labute approximate surface area is 121 Å². The summed E-state index contributed by atoms with van der Waals surface area (Å²) in [6.07, 6.45) is -0.432. The van der Waals surface area contributed by atoms with Crippen molar-refractivity contribution in [3.63, 3.8) is 0 Å². The second-order valence-electron chi connectivity index (χ2n) is 5.97. The van der Waals surface area contributed by atoms with E-state index in [1.54, 1.807) is 6.92 Å². The van der Waals surface area contributed by atoms with Crippen LogP contribution in [-0.2, 0) is 9.53 Å². The zero-order chi connectivity index (χ0) is 15.6. The molecular formula is C14H16N2O5. The number of hydrogen-bond donors (Lipinski definition) is 1. The molecule has 2 atom stereocenters. The van der Waals surface area contributed by atoms with Gasteiger partial charge in [-0.3, -0.25) is 14.9 Å². The van der Waals surface area contributed by atoms with Crippen molar-refractivity contribution in [2.45, 2.75) is 45.1 Å². The van der Waals surface area contributed by atoms with Gasteiger partial charge in [0.05, 0.1) is 4.92 Å². The van der Waals surface area contributed by atoms with Crippen LogP contribution in [0.2, 0.25) is 0 Å². The fraction of sp³-hybridized carbons (Fsp3) is 0.500. The molecule has 0 bridgehead atoms. The highest BCUT2D eigenvalue weighted by molar-refractivity contribution is 5.75. The fourth-order valence-corrected chi connectivity index (χ4v) is 2.95. The van der Waals surface area contributed by atoms with E-state index in [0.29, 0.717) is 16.9 Å². The number of hydrogen-bond acceptors (Lipinski definition) is 5. The molecule has 7 nitrogen and oxygen atoms in total. The van der Waals surface area contributed by atoms with Gasteiger partial charge >= 0.3 is 0 Å². The van der Waals surface area contributed by atoms with Crippen LogP contribution in [0.3, 0.4) is 0 Å². The van der Waals surface area contributed by atoms with Gasteiger partial charge < -0.3 is 14.8 Å². The number of nitro groups is 1. The lowest BCUT2D eigenvalue weighted by Gasteiger charge is -2.37. The van der Waals surface area contributed by atoms with E-state index >= 15 is 0 Å². The summed E-state index contributed by atoms with van der Waals surface area (Å²) in [6, 6.07) is 2.93. The molecule has 0 radical (unpaired) electrons. The Balaban J connectivity index is 2.12. The predicted molar refractivity (Wildman–Crippen MR) is 72.9 cm³/mol. The number of amides is 1. The summed E-state index contributed by atoms with van der Waals surface area (Å²) in [5.41, 5.74) is -0.458. The van der Waals surface area contributed by atoms with Crippen LogP contribution >= 0.6 is 0 Å². The lowest BCUT2D eigenvalue weighted by molar-refractivity contribution is -0.385. The topological polar surface area (TPSA) is 94.0 Å². The van der Waals surface area contributed by atoms with Gasteiger partial charge in [-0.15, -0.1) is 0 Å². The number of benzene rings is 1. The number of carbonyl (C=O) groups is 1. The van der Waals surface area contributed by atoms with Gasteiger partial charge in [-0.1, -0.05) is 0 Å². The van der Waals surface area contributed by atoms with E-state index in [4.69, 9.17) is 9.47 Å². The summed E-state index contributed by atoms with van der Waals surface area (Å²) in [7, 11) is 0. The summed E-state index contributed by atoms with van der Waals surface area (Å²) in [5, 5.41) is 13.8. The highest BCUT2D eigenvalue weighted by Crippen LogP contribution is 2.61. The Kier molecular flexibility index (Phi) is 2.59. The monoisotopic (exact) mass is 292 g/mol. The minimum Gasteiger partial charge on any atom is -0.482 e. The summed E-state index contributed by atoms with van der Waals surface area (Å²) in [6.45, 7) is 6.81. The van der Waals surface area contributed by atoms with Crippen molar-refractivity contribution >= 4 is 11.6 Å². The van der Waals surface area contributed by atoms with E-state index in [-0.39, 0.29) is 11.6 Å². The van der Waals surface area contributed by atoms with Crippen LogP contribution in [0.5, 0.6) is 5.75 Å². The van der Waals surface area contributed by atoms with Crippen molar-refractivity contribution in [2.75, 3.05) is 0 Å². The number of aryl methyl sites for hydroxylation is 1. The van der Waals surface area contributed by atoms with E-state index in [1.165, 1.54) is 19.1 Å². The number of ether oxygens (including phenoxy) is 2. The minimum atomic E-state index is -0.965. The molecule has 1 N–H and O–H groups in total. The third-order valence-electron chi connectivity index (χ3n) is 4.01. The van der Waals surface area contributed by atoms with Crippen LogP contribution in [-0.4, -0.2) is 22.2 Å². The molecule has 2 unspecified atom stereocenters. The van der Waals surface area contributed by atoms with Gasteiger partial charge in [0.1, 0.15) is 11.9 Å². The van der Waals surface area contributed by atoms with Gasteiger partial charge in [0, 0.05) is 24.6 Å². The predicted octanol–water partition coefficient (Wildman–Crippen LogP) is 1.98. The maximum Gasteiger partial charge on any atom is 0.270 e. The Hall–Kier alpha value is -2.15. The average Bonchev–Trinajstić information content (AvgIpc) is 3.06. The molecule has 1 saturated heterocycles. The third kappa shape index (κ3) is 1.80. The molecule has 21 heavy (non-hydrogen) atoms. The molecule has 1 aromatic carbocycles. The zero-order valence-corrected chi connectivity index (χ0v) is 12.2. The van der Waals surface area contributed by atoms with E-state index in [2.05, 4.69) is 5.32 Å². The van der Waals surface area contributed by atoms with Crippen LogP contribution in [0.4, 0.5) is 5.69 Å². The number of nitro benzene ring substituents is 1. The number of nitrogens with zero attached hydrogens (tertiary/aromatic N) is 1. The van der Waals surface area contributed by atoms with E-state index in [9.17, 15) is 14.9 Å². The third-order valence-corrected chi connectivity index (χ3v) is 4.01. The van der Waals surface area contributed by atoms with Gasteiger partial charge in [-0.05, 0) is 26.3 Å². The Bertz CT molecular complexity index is 670. The SMILES string of the molecule is CC(=O)NC12OC1c1cc([N+](=O)[O-])cc(C)c1OC2(C)C. The smallest absolute Gasteiger partial charge is 0.270 e. The quantitative estimate of drug-likeness (QED) is 0.511. The molecule has 7 heteroatoms. The maximum absolute atomic E-state index is 11.4. The highest BCUT2D eigenvalue weighted by Gasteiger charge is 2.72. The first kappa shape index (κ1) is 13.8. The van der Waals surface area contributed by atoms with E-state index in [0.717, 1.165) is 0 Å². The average molecular weight is 292 g/mol. The van der Waals surface area contributed by atoms with Gasteiger partial charge in [0.15, 0.2) is 5.60 Å². The van der Waals surface area contributed by atoms with Gasteiger partial charge in [0.25, 0.3) is 5.69 Å². The summed E-state index contributed by atoms with van der Waals surface area (Å²) < 4.78 is 11.7. The van der Waals surface area contributed by atoms with Crippen LogP contribution in [0.25, 0.3) is 0 Å². The van der Waals surface area contributed by atoms with Gasteiger partial charge in [-0.25, -0.2) is 0 Å². The molecule has 3 rings (SSSR count). The summed E-state index contributed by atoms with van der Waals surface area (Å²) in [4.78, 5) is 22.0. The number of fused-ring (bicyclic) bond motifs is 3. The van der Waals surface area contributed by atoms with Crippen LogP contribution in [0.1, 0.15) is 38.0 Å². The summed E-state index contributed by atoms with van der Waals surface area (Å²) >= 11 is 0. The number of non-ortho nitro benzene ring substituents is 1. The van der Waals surface area contributed by atoms with Gasteiger partial charge in [0.2, 0.25) is 11.6 Å². The van der Waals surface area contributed by atoms with Crippen LogP contribution in [0, 0.1) is 17.0 Å². The zero-order valence-electron chi connectivity index (χ0n) is 12.2. The number of epoxide rings is 1. The largest absolute Gasteiger partial charge is 0.482 e. The highest BCUT2D eigenvalue weighted by atomic mass is 16.7. The second-order valence-corrected chi connectivity index (χ2v) is 5.97. The van der Waals surface area contributed by atoms with Crippen molar-refractivity contribution in [1.29, 1.82) is 0 Å². The molecule has 2 heterocycles. The second kappa shape index (κ2) is 3.94. The molecule has 1 fully saturated rings. The standard InChI is InChI=1S/C14H16N2O5/c1-7-5-9(16(18)19)6-10-11(7)20-13(3,4)14(12(10)21-14)15-8(2)17/h5-6,12H,1-4H3,(H,15,17). The summed E-state index contributed by atoms with van der Waals surface area (Å²) in [5.74, 6) is 0.355. The van der Waals surface area contributed by atoms with E-state index < -0.39 is 22.4 Å². The van der Waals surface area contributed by atoms with Crippen molar-refractivity contribution < 1.29 is 19.2 Å². The molecule has 0 aliphatic carbocycles. The molecule has 0 spiro atoms. The molecule has 2 aliphatic heterocycles. The number of carbonyl (C=O) groups excluding carboxylic acids is 1. The minimum absolute atomic E-state index is 0.0122. The van der Waals surface area contributed by atoms with Crippen molar-refractivity contribution in [3.8, 4) is 5.75 Å². The molecule has 0 aromatic heterocycles.